The molecule has 0 amide bonds. The number of ether oxygens (including phenoxy) is 1. The molecule has 9 heteroatoms. The average molecular weight is 301 g/mol. The lowest BCUT2D eigenvalue weighted by Gasteiger charge is -2.33. The van der Waals surface area contributed by atoms with Gasteiger partial charge in [-0.1, -0.05) is 13.3 Å². The summed E-state index contributed by atoms with van der Waals surface area (Å²) < 4.78 is 6.53. The standard InChI is InChI=1S/C12H19N3O6/c1-2-3-12(9(18)8(17)7(5-16)21-12)15-4-6(13)10(19)14-11(15)20/h4,7-9,16-18H,2-3,5,13H2,1H3,(H,14,19,20)/t7-,8-,9-,12-/m1/s1. The predicted octanol–water partition coefficient (Wildman–Crippen LogP) is -2.32. The lowest BCUT2D eigenvalue weighted by Crippen LogP contribution is -2.51. The zero-order chi connectivity index (χ0) is 15.8. The zero-order valence-electron chi connectivity index (χ0n) is 11.5. The van der Waals surface area contributed by atoms with Crippen LogP contribution in [0.15, 0.2) is 15.8 Å². The highest BCUT2D eigenvalue weighted by Crippen LogP contribution is 2.38. The maximum Gasteiger partial charge on any atom is 0.330 e. The highest BCUT2D eigenvalue weighted by Gasteiger charge is 2.55. The Bertz CT molecular complexity index is 626. The van der Waals surface area contributed by atoms with E-state index in [0.29, 0.717) is 6.42 Å². The quantitative estimate of drug-likeness (QED) is 0.419. The van der Waals surface area contributed by atoms with Gasteiger partial charge in [-0.15, -0.1) is 0 Å². The molecule has 1 aromatic rings. The minimum Gasteiger partial charge on any atom is -0.394 e. The van der Waals surface area contributed by atoms with Crippen LogP contribution in [0.4, 0.5) is 5.69 Å². The number of aliphatic hydroxyl groups excluding tert-OH is 3. The first-order valence-electron chi connectivity index (χ1n) is 6.64. The van der Waals surface area contributed by atoms with Crippen LogP contribution in [-0.4, -0.2) is 49.8 Å². The van der Waals surface area contributed by atoms with Gasteiger partial charge in [0.1, 0.15) is 24.0 Å². The first-order valence-corrected chi connectivity index (χ1v) is 6.64. The van der Waals surface area contributed by atoms with Crippen molar-refractivity contribution in [3.05, 3.63) is 27.0 Å². The summed E-state index contributed by atoms with van der Waals surface area (Å²) in [5.74, 6) is 0. The van der Waals surface area contributed by atoms with Crippen LogP contribution in [-0.2, 0) is 10.5 Å². The average Bonchev–Trinajstić information content (AvgIpc) is 2.69. The lowest BCUT2D eigenvalue weighted by atomic mass is 9.97. The molecule has 1 aromatic heterocycles. The molecule has 0 spiro atoms. The number of hydrogen-bond acceptors (Lipinski definition) is 7. The summed E-state index contributed by atoms with van der Waals surface area (Å²) in [6.45, 7) is 1.29. The summed E-state index contributed by atoms with van der Waals surface area (Å²) in [6, 6.07) is 0. The first kappa shape index (κ1) is 15.7. The van der Waals surface area contributed by atoms with E-state index in [2.05, 4.69) is 0 Å². The fraction of sp³-hybridized carbons (Fsp3) is 0.667. The van der Waals surface area contributed by atoms with Crippen molar-refractivity contribution in [3.8, 4) is 0 Å². The SMILES string of the molecule is CCC[C@@]1(n2cc(N)c(=O)[nH]c2=O)O[C@H](CO)[C@@H](O)[C@H]1O. The number of rotatable bonds is 4. The first-order chi connectivity index (χ1) is 9.87. The number of aromatic amines is 1. The number of nitrogens with one attached hydrogen (secondary N) is 1. The second kappa shape index (κ2) is 5.60. The number of nitrogen functional groups attached to an aromatic ring is 1. The molecule has 1 fully saturated rings. The third kappa shape index (κ3) is 2.38. The molecule has 21 heavy (non-hydrogen) atoms. The van der Waals surface area contributed by atoms with Gasteiger partial charge in [-0.05, 0) is 6.42 Å². The van der Waals surface area contributed by atoms with Crippen molar-refractivity contribution < 1.29 is 20.1 Å². The Labute approximate surface area is 119 Å². The van der Waals surface area contributed by atoms with E-state index in [4.69, 9.17) is 10.5 Å². The van der Waals surface area contributed by atoms with Crippen LogP contribution in [0.3, 0.4) is 0 Å². The molecule has 0 saturated carbocycles. The van der Waals surface area contributed by atoms with Crippen LogP contribution >= 0.6 is 0 Å². The highest BCUT2D eigenvalue weighted by molar-refractivity contribution is 5.31. The van der Waals surface area contributed by atoms with Crippen molar-refractivity contribution in [3.63, 3.8) is 0 Å². The molecule has 2 rings (SSSR count). The Kier molecular flexibility index (Phi) is 4.19. The van der Waals surface area contributed by atoms with Crippen LogP contribution in [0.5, 0.6) is 0 Å². The van der Waals surface area contributed by atoms with E-state index in [1.54, 1.807) is 6.92 Å². The van der Waals surface area contributed by atoms with Gasteiger partial charge in [0, 0.05) is 6.20 Å². The van der Waals surface area contributed by atoms with E-state index in [1.807, 2.05) is 4.98 Å². The number of aromatic nitrogens is 2. The molecule has 1 aliphatic rings. The molecule has 0 bridgehead atoms. The maximum absolute atomic E-state index is 12.0. The van der Waals surface area contributed by atoms with Gasteiger partial charge in [0.05, 0.1) is 6.61 Å². The number of nitrogens with zero attached hydrogens (tertiary/aromatic N) is 1. The van der Waals surface area contributed by atoms with Gasteiger partial charge in [-0.3, -0.25) is 14.3 Å². The summed E-state index contributed by atoms with van der Waals surface area (Å²) in [5.41, 5.74) is 2.15. The Morgan fingerprint density at radius 1 is 1.48 bits per heavy atom. The van der Waals surface area contributed by atoms with Crippen molar-refractivity contribution in [2.75, 3.05) is 12.3 Å². The Hall–Kier alpha value is -1.68. The minimum atomic E-state index is -1.59. The van der Waals surface area contributed by atoms with Gasteiger partial charge in [0.2, 0.25) is 0 Å². The molecule has 118 valence electrons. The Morgan fingerprint density at radius 3 is 2.67 bits per heavy atom. The number of hydrogen-bond donors (Lipinski definition) is 5. The molecule has 0 radical (unpaired) electrons. The number of aliphatic hydroxyl groups is 3. The molecule has 1 aliphatic heterocycles. The van der Waals surface area contributed by atoms with Crippen molar-refractivity contribution in [1.82, 2.24) is 9.55 Å². The molecule has 0 aliphatic carbocycles. The van der Waals surface area contributed by atoms with E-state index in [9.17, 15) is 24.9 Å². The largest absolute Gasteiger partial charge is 0.394 e. The van der Waals surface area contributed by atoms with E-state index in [0.717, 1.165) is 10.8 Å². The fourth-order valence-corrected chi connectivity index (χ4v) is 2.67. The molecular weight excluding hydrogens is 282 g/mol. The van der Waals surface area contributed by atoms with Crippen LogP contribution in [0, 0.1) is 0 Å². The maximum atomic E-state index is 12.0. The topological polar surface area (TPSA) is 151 Å². The van der Waals surface area contributed by atoms with Crippen molar-refractivity contribution in [1.29, 1.82) is 0 Å². The number of nitrogens with two attached hydrogens (primary N) is 1. The van der Waals surface area contributed by atoms with Crippen LogP contribution in [0.25, 0.3) is 0 Å². The van der Waals surface area contributed by atoms with Gasteiger partial charge in [-0.2, -0.15) is 0 Å². The summed E-state index contributed by atoms with van der Waals surface area (Å²) >= 11 is 0. The third-order valence-corrected chi connectivity index (χ3v) is 3.69. The zero-order valence-corrected chi connectivity index (χ0v) is 11.5. The lowest BCUT2D eigenvalue weighted by molar-refractivity contribution is -0.155. The van der Waals surface area contributed by atoms with Gasteiger partial charge < -0.3 is 25.8 Å². The van der Waals surface area contributed by atoms with E-state index >= 15 is 0 Å². The number of H-pyrrole nitrogens is 1. The minimum absolute atomic E-state index is 0.188. The smallest absolute Gasteiger partial charge is 0.330 e. The molecule has 1 saturated heterocycles. The van der Waals surface area contributed by atoms with Crippen molar-refractivity contribution >= 4 is 5.69 Å². The van der Waals surface area contributed by atoms with Crippen LogP contribution in [0.2, 0.25) is 0 Å². The fourth-order valence-electron chi connectivity index (χ4n) is 2.67. The molecule has 0 unspecified atom stereocenters. The van der Waals surface area contributed by atoms with Crippen LogP contribution in [0.1, 0.15) is 19.8 Å². The second-order valence-corrected chi connectivity index (χ2v) is 5.08. The molecule has 6 N–H and O–H groups in total. The third-order valence-electron chi connectivity index (χ3n) is 3.69. The van der Waals surface area contributed by atoms with Gasteiger partial charge in [0.15, 0.2) is 5.72 Å². The second-order valence-electron chi connectivity index (χ2n) is 5.08. The summed E-state index contributed by atoms with van der Waals surface area (Å²) in [6.07, 6.45) is -2.06. The Morgan fingerprint density at radius 2 is 2.14 bits per heavy atom. The molecule has 0 aromatic carbocycles. The van der Waals surface area contributed by atoms with Crippen molar-refractivity contribution in [2.45, 2.75) is 43.8 Å². The summed E-state index contributed by atoms with van der Waals surface area (Å²) in [4.78, 5) is 25.4. The summed E-state index contributed by atoms with van der Waals surface area (Å²) in [5, 5.41) is 29.4. The molecular formula is C12H19N3O6. The van der Waals surface area contributed by atoms with Crippen molar-refractivity contribution in [2.24, 2.45) is 0 Å². The highest BCUT2D eigenvalue weighted by atomic mass is 16.6. The van der Waals surface area contributed by atoms with Gasteiger partial charge >= 0.3 is 5.69 Å². The summed E-state index contributed by atoms with van der Waals surface area (Å²) in [7, 11) is 0. The van der Waals surface area contributed by atoms with E-state index < -0.39 is 41.9 Å². The molecule has 4 atom stereocenters. The van der Waals surface area contributed by atoms with Gasteiger partial charge in [-0.25, -0.2) is 4.79 Å². The molecule has 9 nitrogen and oxygen atoms in total. The molecule has 2 heterocycles. The Balaban J connectivity index is 2.62. The van der Waals surface area contributed by atoms with E-state index in [1.165, 1.54) is 0 Å². The van der Waals surface area contributed by atoms with Crippen LogP contribution < -0.4 is 17.0 Å². The normalized spacial score (nSPS) is 32.5. The monoisotopic (exact) mass is 301 g/mol. The number of anilines is 1. The van der Waals surface area contributed by atoms with E-state index in [-0.39, 0.29) is 12.1 Å². The predicted molar refractivity (Wildman–Crippen MR) is 72.6 cm³/mol. The van der Waals surface area contributed by atoms with Gasteiger partial charge in [0.25, 0.3) is 5.56 Å².